The standard InChI is InChI=1S/C22H24FNO/c1-14(2)13-25-20-8-4-7-19-17-5-3-6-18(17)21(24-22(19)20)15-9-11-16(23)12-10-15/h3-5,7-12,14,17-18,21,24H,6,13H2,1-2H3. The first-order valence-corrected chi connectivity index (χ1v) is 9.08. The average molecular weight is 337 g/mol. The third-order valence-electron chi connectivity index (χ3n) is 5.16. The van der Waals surface area contributed by atoms with Crippen molar-refractivity contribution in [1.82, 2.24) is 0 Å². The molecule has 130 valence electrons. The molecule has 2 aliphatic rings. The smallest absolute Gasteiger partial charge is 0.142 e. The highest BCUT2D eigenvalue weighted by Crippen LogP contribution is 2.52. The molecule has 4 rings (SSSR count). The van der Waals surface area contributed by atoms with E-state index in [0.717, 1.165) is 23.4 Å². The lowest BCUT2D eigenvalue weighted by Crippen LogP contribution is -2.29. The first kappa shape index (κ1) is 16.2. The summed E-state index contributed by atoms with van der Waals surface area (Å²) in [6.45, 7) is 5.00. The molecule has 0 saturated carbocycles. The normalized spacial score (nSPS) is 23.9. The predicted molar refractivity (Wildman–Crippen MR) is 99.5 cm³/mol. The van der Waals surface area contributed by atoms with Crippen molar-refractivity contribution in [2.45, 2.75) is 32.2 Å². The zero-order valence-corrected chi connectivity index (χ0v) is 14.7. The number of anilines is 1. The number of nitrogens with one attached hydrogen (secondary N) is 1. The molecule has 0 fully saturated rings. The van der Waals surface area contributed by atoms with Crippen LogP contribution >= 0.6 is 0 Å². The van der Waals surface area contributed by atoms with Crippen molar-refractivity contribution >= 4 is 5.69 Å². The molecule has 0 aromatic heterocycles. The molecule has 2 aromatic rings. The second-order valence-electron chi connectivity index (χ2n) is 7.45. The Morgan fingerprint density at radius 2 is 1.96 bits per heavy atom. The van der Waals surface area contributed by atoms with Crippen LogP contribution in [0.4, 0.5) is 10.1 Å². The van der Waals surface area contributed by atoms with E-state index in [0.29, 0.717) is 24.4 Å². The number of ether oxygens (including phenoxy) is 1. The van der Waals surface area contributed by atoms with Crippen LogP contribution in [0.1, 0.15) is 43.4 Å². The van der Waals surface area contributed by atoms with E-state index >= 15 is 0 Å². The summed E-state index contributed by atoms with van der Waals surface area (Å²) in [4.78, 5) is 0. The molecule has 2 aromatic carbocycles. The maximum atomic E-state index is 13.3. The fraction of sp³-hybridized carbons (Fsp3) is 0.364. The second kappa shape index (κ2) is 6.55. The van der Waals surface area contributed by atoms with E-state index in [-0.39, 0.29) is 11.9 Å². The summed E-state index contributed by atoms with van der Waals surface area (Å²) in [6.07, 6.45) is 5.62. The van der Waals surface area contributed by atoms with Crippen LogP contribution in [0.25, 0.3) is 0 Å². The number of hydrogen-bond acceptors (Lipinski definition) is 2. The molecule has 25 heavy (non-hydrogen) atoms. The summed E-state index contributed by atoms with van der Waals surface area (Å²) >= 11 is 0. The number of rotatable bonds is 4. The Hall–Kier alpha value is -2.29. The van der Waals surface area contributed by atoms with E-state index in [2.05, 4.69) is 43.4 Å². The second-order valence-corrected chi connectivity index (χ2v) is 7.45. The molecule has 0 amide bonds. The molecular weight excluding hydrogens is 313 g/mol. The third-order valence-corrected chi connectivity index (χ3v) is 5.16. The van der Waals surface area contributed by atoms with Gasteiger partial charge >= 0.3 is 0 Å². The van der Waals surface area contributed by atoms with Gasteiger partial charge in [-0.3, -0.25) is 0 Å². The van der Waals surface area contributed by atoms with Crippen LogP contribution in [0.3, 0.4) is 0 Å². The van der Waals surface area contributed by atoms with Gasteiger partial charge in [0, 0.05) is 5.92 Å². The highest BCUT2D eigenvalue weighted by Gasteiger charge is 2.38. The van der Waals surface area contributed by atoms with Gasteiger partial charge in [-0.2, -0.15) is 0 Å². The van der Waals surface area contributed by atoms with Gasteiger partial charge in [0.1, 0.15) is 11.6 Å². The van der Waals surface area contributed by atoms with Gasteiger partial charge in [0.2, 0.25) is 0 Å². The van der Waals surface area contributed by atoms with Crippen LogP contribution < -0.4 is 10.1 Å². The molecule has 3 atom stereocenters. The summed E-state index contributed by atoms with van der Waals surface area (Å²) in [7, 11) is 0. The fourth-order valence-electron chi connectivity index (χ4n) is 3.97. The molecular formula is C22H24FNO. The summed E-state index contributed by atoms with van der Waals surface area (Å²) < 4.78 is 19.4. The maximum Gasteiger partial charge on any atom is 0.142 e. The monoisotopic (exact) mass is 337 g/mol. The van der Waals surface area contributed by atoms with Gasteiger partial charge in [0.25, 0.3) is 0 Å². The number of fused-ring (bicyclic) bond motifs is 3. The van der Waals surface area contributed by atoms with Gasteiger partial charge in [0.05, 0.1) is 18.3 Å². The van der Waals surface area contributed by atoms with Crippen LogP contribution in [0, 0.1) is 17.7 Å². The van der Waals surface area contributed by atoms with Crippen molar-refractivity contribution in [3.05, 3.63) is 71.6 Å². The Morgan fingerprint density at radius 1 is 1.16 bits per heavy atom. The van der Waals surface area contributed by atoms with Crippen LogP contribution in [-0.2, 0) is 0 Å². The Kier molecular flexibility index (Phi) is 4.24. The quantitative estimate of drug-likeness (QED) is 0.724. The maximum absolute atomic E-state index is 13.3. The molecule has 0 saturated heterocycles. The minimum Gasteiger partial charge on any atom is -0.491 e. The highest BCUT2D eigenvalue weighted by molar-refractivity contribution is 5.67. The Bertz CT molecular complexity index is 781. The lowest BCUT2D eigenvalue weighted by atomic mass is 9.77. The number of benzene rings is 2. The van der Waals surface area contributed by atoms with E-state index < -0.39 is 0 Å². The highest BCUT2D eigenvalue weighted by atomic mass is 19.1. The van der Waals surface area contributed by atoms with Crippen molar-refractivity contribution in [3.63, 3.8) is 0 Å². The minimum atomic E-state index is -0.193. The van der Waals surface area contributed by atoms with Crippen molar-refractivity contribution in [2.24, 2.45) is 11.8 Å². The largest absolute Gasteiger partial charge is 0.491 e. The lowest BCUT2D eigenvalue weighted by Gasteiger charge is -2.38. The summed E-state index contributed by atoms with van der Waals surface area (Å²) in [5.41, 5.74) is 3.52. The molecule has 2 nitrogen and oxygen atoms in total. The Labute approximate surface area is 148 Å². The SMILES string of the molecule is CC(C)COc1cccc2c1NC(c1ccc(F)cc1)C1CC=CC21. The van der Waals surface area contributed by atoms with Crippen LogP contribution in [-0.4, -0.2) is 6.61 Å². The van der Waals surface area contributed by atoms with Crippen LogP contribution in [0.2, 0.25) is 0 Å². The molecule has 0 spiro atoms. The summed E-state index contributed by atoms with van der Waals surface area (Å²) in [6, 6.07) is 13.4. The van der Waals surface area contributed by atoms with Gasteiger partial charge < -0.3 is 10.1 Å². The van der Waals surface area contributed by atoms with Gasteiger partial charge in [-0.1, -0.05) is 50.3 Å². The van der Waals surface area contributed by atoms with E-state index in [1.807, 2.05) is 18.2 Å². The first-order chi connectivity index (χ1) is 12.1. The predicted octanol–water partition coefficient (Wildman–Crippen LogP) is 5.69. The van der Waals surface area contributed by atoms with Crippen molar-refractivity contribution in [1.29, 1.82) is 0 Å². The van der Waals surface area contributed by atoms with Gasteiger partial charge in [-0.15, -0.1) is 0 Å². The summed E-state index contributed by atoms with van der Waals surface area (Å²) in [5, 5.41) is 3.71. The number of para-hydroxylation sites is 1. The topological polar surface area (TPSA) is 21.3 Å². The number of halogens is 1. The van der Waals surface area contributed by atoms with E-state index in [9.17, 15) is 4.39 Å². The molecule has 1 aliphatic carbocycles. The third kappa shape index (κ3) is 3.04. The van der Waals surface area contributed by atoms with Crippen LogP contribution in [0.5, 0.6) is 5.75 Å². The van der Waals surface area contributed by atoms with Crippen molar-refractivity contribution < 1.29 is 9.13 Å². The molecule has 3 unspecified atom stereocenters. The number of hydrogen-bond donors (Lipinski definition) is 1. The zero-order chi connectivity index (χ0) is 17.4. The summed E-state index contributed by atoms with van der Waals surface area (Å²) in [5.74, 6) is 2.04. The van der Waals surface area contributed by atoms with E-state index in [1.54, 1.807) is 12.1 Å². The molecule has 1 N–H and O–H groups in total. The molecule has 0 radical (unpaired) electrons. The van der Waals surface area contributed by atoms with E-state index in [1.165, 1.54) is 5.56 Å². The lowest BCUT2D eigenvalue weighted by molar-refractivity contribution is 0.270. The Balaban J connectivity index is 1.72. The molecule has 1 heterocycles. The Morgan fingerprint density at radius 3 is 2.72 bits per heavy atom. The van der Waals surface area contributed by atoms with Crippen LogP contribution in [0.15, 0.2) is 54.6 Å². The average Bonchev–Trinajstić information content (AvgIpc) is 3.10. The van der Waals surface area contributed by atoms with Crippen molar-refractivity contribution in [2.75, 3.05) is 11.9 Å². The molecule has 0 bridgehead atoms. The fourth-order valence-corrected chi connectivity index (χ4v) is 3.97. The van der Waals surface area contributed by atoms with Crippen molar-refractivity contribution in [3.8, 4) is 5.75 Å². The van der Waals surface area contributed by atoms with E-state index in [4.69, 9.17) is 4.74 Å². The first-order valence-electron chi connectivity index (χ1n) is 9.08. The van der Waals surface area contributed by atoms with Gasteiger partial charge in [-0.25, -0.2) is 4.39 Å². The minimum absolute atomic E-state index is 0.164. The number of allylic oxidation sites excluding steroid dienone is 2. The van der Waals surface area contributed by atoms with Gasteiger partial charge in [0.15, 0.2) is 0 Å². The molecule has 1 aliphatic heterocycles. The molecule has 3 heteroatoms. The zero-order valence-electron chi connectivity index (χ0n) is 14.7. The van der Waals surface area contributed by atoms with Gasteiger partial charge in [-0.05, 0) is 47.6 Å².